The van der Waals surface area contributed by atoms with E-state index in [2.05, 4.69) is 0 Å². The molecule has 2 rings (SSSR count). The Hall–Kier alpha value is -2.14. The molecule has 2 aromatic carbocycles. The lowest BCUT2D eigenvalue weighted by Crippen LogP contribution is -2.30. The monoisotopic (exact) mass is 331 g/mol. The molecule has 5 heteroatoms. The van der Waals surface area contributed by atoms with E-state index in [0.29, 0.717) is 5.56 Å². The molecule has 1 amide bonds. The van der Waals surface area contributed by atoms with Crippen LogP contribution in [0.4, 0.5) is 0 Å². The van der Waals surface area contributed by atoms with Gasteiger partial charge >= 0.3 is 0 Å². The van der Waals surface area contributed by atoms with Crippen molar-refractivity contribution in [3.63, 3.8) is 0 Å². The lowest BCUT2D eigenvalue weighted by atomic mass is 10.0. The summed E-state index contributed by atoms with van der Waals surface area (Å²) in [5, 5.41) is 0. The summed E-state index contributed by atoms with van der Waals surface area (Å²) in [6.45, 7) is 3.83. The zero-order valence-electron chi connectivity index (χ0n) is 13.8. The van der Waals surface area contributed by atoms with E-state index in [0.717, 1.165) is 11.1 Å². The van der Waals surface area contributed by atoms with Gasteiger partial charge in [-0.05, 0) is 43.2 Å². The molecule has 0 aromatic heterocycles. The van der Waals surface area contributed by atoms with Gasteiger partial charge in [-0.2, -0.15) is 0 Å². The largest absolute Gasteiger partial charge is 0.335 e. The lowest BCUT2D eigenvalue weighted by molar-refractivity contribution is 0.0742. The molecule has 1 atom stereocenters. The van der Waals surface area contributed by atoms with E-state index in [-0.39, 0.29) is 16.8 Å². The SMILES string of the molecule is Cc1ccccc1C(=O)N(C)[C@H](C)c1ccc(S(C)(=O)=O)cc1. The number of nitrogens with zero attached hydrogens (tertiary/aromatic N) is 1. The van der Waals surface area contributed by atoms with Crippen molar-refractivity contribution in [2.45, 2.75) is 24.8 Å². The van der Waals surface area contributed by atoms with Crippen LogP contribution in [0.2, 0.25) is 0 Å². The Kier molecular flexibility index (Phi) is 4.90. The average Bonchev–Trinajstić information content (AvgIpc) is 2.52. The second-order valence-electron chi connectivity index (χ2n) is 5.75. The van der Waals surface area contributed by atoms with Gasteiger partial charge in [0, 0.05) is 18.9 Å². The molecule has 0 heterocycles. The standard InChI is InChI=1S/C18H21NO3S/c1-13-7-5-6-8-17(13)18(20)19(3)14(2)15-9-11-16(12-10-15)23(4,21)22/h5-12,14H,1-4H3/t14-/m1/s1. The lowest BCUT2D eigenvalue weighted by Gasteiger charge is -2.26. The molecule has 0 radical (unpaired) electrons. The van der Waals surface area contributed by atoms with Gasteiger partial charge in [0.05, 0.1) is 10.9 Å². The quantitative estimate of drug-likeness (QED) is 0.864. The predicted octanol–water partition coefficient (Wildman–Crippen LogP) is 3.23. The molecule has 2 aromatic rings. The van der Waals surface area contributed by atoms with Crippen molar-refractivity contribution < 1.29 is 13.2 Å². The Labute approximate surface area is 137 Å². The van der Waals surface area contributed by atoms with Crippen molar-refractivity contribution in [3.05, 3.63) is 65.2 Å². The van der Waals surface area contributed by atoms with Crippen LogP contribution in [0.15, 0.2) is 53.4 Å². The van der Waals surface area contributed by atoms with Crippen LogP contribution in [0.3, 0.4) is 0 Å². The fourth-order valence-electron chi connectivity index (χ4n) is 2.40. The first-order valence-corrected chi connectivity index (χ1v) is 9.24. The molecule has 0 N–H and O–H groups in total. The van der Waals surface area contributed by atoms with Crippen LogP contribution in [0.1, 0.15) is 34.5 Å². The first kappa shape index (κ1) is 17.2. The Morgan fingerprint density at radius 3 is 2.13 bits per heavy atom. The molecule has 0 bridgehead atoms. The number of aryl methyl sites for hydroxylation is 1. The normalized spacial score (nSPS) is 12.7. The van der Waals surface area contributed by atoms with Crippen molar-refractivity contribution in [3.8, 4) is 0 Å². The average molecular weight is 331 g/mol. The van der Waals surface area contributed by atoms with Crippen molar-refractivity contribution in [2.24, 2.45) is 0 Å². The second-order valence-corrected chi connectivity index (χ2v) is 7.76. The van der Waals surface area contributed by atoms with Crippen LogP contribution >= 0.6 is 0 Å². The van der Waals surface area contributed by atoms with E-state index in [4.69, 9.17) is 0 Å². The van der Waals surface area contributed by atoms with Gasteiger partial charge in [0.1, 0.15) is 0 Å². The highest BCUT2D eigenvalue weighted by molar-refractivity contribution is 7.90. The first-order valence-electron chi connectivity index (χ1n) is 7.34. The van der Waals surface area contributed by atoms with Crippen LogP contribution in [-0.4, -0.2) is 32.5 Å². The second kappa shape index (κ2) is 6.54. The fraction of sp³-hybridized carbons (Fsp3) is 0.278. The molecule has 0 aliphatic heterocycles. The number of amides is 1. The Bertz CT molecular complexity index is 810. The van der Waals surface area contributed by atoms with E-state index in [1.54, 1.807) is 36.2 Å². The third kappa shape index (κ3) is 3.79. The molecule has 0 aliphatic rings. The minimum atomic E-state index is -3.21. The molecule has 0 fully saturated rings. The minimum Gasteiger partial charge on any atom is -0.335 e. The van der Waals surface area contributed by atoms with Gasteiger partial charge in [0.25, 0.3) is 5.91 Å². The Balaban J connectivity index is 2.24. The summed E-state index contributed by atoms with van der Waals surface area (Å²) in [5.41, 5.74) is 2.50. The smallest absolute Gasteiger partial charge is 0.254 e. The molecule has 0 saturated heterocycles. The van der Waals surface area contributed by atoms with E-state index < -0.39 is 9.84 Å². The van der Waals surface area contributed by atoms with Crippen LogP contribution in [-0.2, 0) is 9.84 Å². The Morgan fingerprint density at radius 2 is 1.61 bits per heavy atom. The zero-order chi connectivity index (χ0) is 17.2. The summed E-state index contributed by atoms with van der Waals surface area (Å²) in [6, 6.07) is 14.0. The van der Waals surface area contributed by atoms with E-state index >= 15 is 0 Å². The fourth-order valence-corrected chi connectivity index (χ4v) is 3.03. The van der Waals surface area contributed by atoms with Crippen molar-refractivity contribution in [1.82, 2.24) is 4.90 Å². The molecule has 0 spiro atoms. The van der Waals surface area contributed by atoms with E-state index in [1.807, 2.05) is 38.1 Å². The van der Waals surface area contributed by atoms with E-state index in [9.17, 15) is 13.2 Å². The van der Waals surface area contributed by atoms with Crippen LogP contribution in [0.5, 0.6) is 0 Å². The highest BCUT2D eigenvalue weighted by atomic mass is 32.2. The number of benzene rings is 2. The maximum absolute atomic E-state index is 12.6. The van der Waals surface area contributed by atoms with Gasteiger partial charge in [0.15, 0.2) is 9.84 Å². The number of hydrogen-bond acceptors (Lipinski definition) is 3. The number of carbonyl (C=O) groups excluding carboxylic acids is 1. The molecular weight excluding hydrogens is 310 g/mol. The van der Waals surface area contributed by atoms with Gasteiger partial charge in [-0.3, -0.25) is 4.79 Å². The summed E-state index contributed by atoms with van der Waals surface area (Å²) in [7, 11) is -1.46. The molecule has 122 valence electrons. The highest BCUT2D eigenvalue weighted by Crippen LogP contribution is 2.23. The summed E-state index contributed by atoms with van der Waals surface area (Å²) < 4.78 is 23.0. The molecule has 23 heavy (non-hydrogen) atoms. The topological polar surface area (TPSA) is 54.5 Å². The number of hydrogen-bond donors (Lipinski definition) is 0. The number of carbonyl (C=O) groups is 1. The Morgan fingerprint density at radius 1 is 1.04 bits per heavy atom. The third-order valence-corrected chi connectivity index (χ3v) is 5.20. The van der Waals surface area contributed by atoms with Gasteiger partial charge in [-0.15, -0.1) is 0 Å². The van der Waals surface area contributed by atoms with Gasteiger partial charge < -0.3 is 4.90 Å². The van der Waals surface area contributed by atoms with Crippen molar-refractivity contribution in [1.29, 1.82) is 0 Å². The molecule has 0 saturated carbocycles. The summed E-state index contributed by atoms with van der Waals surface area (Å²) in [6.07, 6.45) is 1.18. The summed E-state index contributed by atoms with van der Waals surface area (Å²) in [5.74, 6) is -0.0530. The summed E-state index contributed by atoms with van der Waals surface area (Å²) in [4.78, 5) is 14.6. The number of rotatable bonds is 4. The van der Waals surface area contributed by atoms with Crippen molar-refractivity contribution in [2.75, 3.05) is 13.3 Å². The molecular formula is C18H21NO3S. The molecule has 0 unspecified atom stereocenters. The van der Waals surface area contributed by atoms with Crippen LogP contribution < -0.4 is 0 Å². The van der Waals surface area contributed by atoms with Crippen LogP contribution in [0, 0.1) is 6.92 Å². The van der Waals surface area contributed by atoms with E-state index in [1.165, 1.54) is 6.26 Å². The highest BCUT2D eigenvalue weighted by Gasteiger charge is 2.20. The predicted molar refractivity (Wildman–Crippen MR) is 91.2 cm³/mol. The summed E-state index contributed by atoms with van der Waals surface area (Å²) >= 11 is 0. The van der Waals surface area contributed by atoms with Crippen molar-refractivity contribution >= 4 is 15.7 Å². The molecule has 4 nitrogen and oxygen atoms in total. The third-order valence-electron chi connectivity index (χ3n) is 4.07. The van der Waals surface area contributed by atoms with Crippen LogP contribution in [0.25, 0.3) is 0 Å². The minimum absolute atomic E-state index is 0.0530. The molecule has 0 aliphatic carbocycles. The maximum Gasteiger partial charge on any atom is 0.254 e. The first-order chi connectivity index (χ1) is 10.7. The van der Waals surface area contributed by atoms with Gasteiger partial charge in [-0.1, -0.05) is 30.3 Å². The number of sulfone groups is 1. The van der Waals surface area contributed by atoms with Gasteiger partial charge in [0.2, 0.25) is 0 Å². The maximum atomic E-state index is 12.6. The van der Waals surface area contributed by atoms with Gasteiger partial charge in [-0.25, -0.2) is 8.42 Å². The zero-order valence-corrected chi connectivity index (χ0v) is 14.6.